The summed E-state index contributed by atoms with van der Waals surface area (Å²) in [6.07, 6.45) is 2.55. The van der Waals surface area contributed by atoms with Gasteiger partial charge in [-0.3, -0.25) is 19.1 Å². The lowest BCUT2D eigenvalue weighted by molar-refractivity contribution is -0.136. The fraction of sp³-hybridized carbons (Fsp3) is 0.571. The number of aromatic nitrogens is 2. The van der Waals surface area contributed by atoms with E-state index in [0.717, 1.165) is 43.6 Å². The minimum Gasteiger partial charge on any atom is -0.387 e. The molecule has 2 aromatic rings. The molecule has 2 saturated heterocycles. The number of benzene rings is 1. The molecule has 1 aliphatic carbocycles. The quantitative estimate of drug-likeness (QED) is 0.629. The predicted molar refractivity (Wildman–Crippen MR) is 143 cm³/mol. The van der Waals surface area contributed by atoms with Crippen molar-refractivity contribution in [1.82, 2.24) is 24.5 Å². The number of piperazine rings is 2. The Morgan fingerprint density at radius 3 is 2.42 bits per heavy atom. The minimum absolute atomic E-state index is 0.0336. The van der Waals surface area contributed by atoms with Gasteiger partial charge in [0.2, 0.25) is 11.8 Å². The predicted octanol–water partition coefficient (Wildman–Crippen LogP) is 1.00. The standard InChI is InChI=1S/C28H38N6O4/c1-19-6-4-8-23(21(19)3)30-10-12-31(13-11-30)25(36)17-34-24-9-5-7-22(24)27(29-34)28(38)33-15-14-32(16-20(33)2)26(37)18-35/h4,6,8,20,35H,5,7,9-18H2,1-3H3/t20-/m1/s1. The molecule has 1 atom stereocenters. The summed E-state index contributed by atoms with van der Waals surface area (Å²) in [5.74, 6) is -0.422. The van der Waals surface area contributed by atoms with E-state index in [0.29, 0.717) is 38.4 Å². The number of hydrogen-bond acceptors (Lipinski definition) is 6. The number of rotatable bonds is 5. The molecular formula is C28H38N6O4. The number of nitrogens with zero attached hydrogens (tertiary/aromatic N) is 6. The van der Waals surface area contributed by atoms with E-state index in [1.165, 1.54) is 16.8 Å². The second-order valence-corrected chi connectivity index (χ2v) is 10.7. The first kappa shape index (κ1) is 26.2. The number of aliphatic hydroxyl groups is 1. The van der Waals surface area contributed by atoms with E-state index in [1.54, 1.807) is 14.5 Å². The minimum atomic E-state index is -0.521. The molecule has 10 heteroatoms. The van der Waals surface area contributed by atoms with Crippen molar-refractivity contribution in [2.24, 2.45) is 0 Å². The topological polar surface area (TPSA) is 102 Å². The molecule has 3 aliphatic rings. The maximum Gasteiger partial charge on any atom is 0.275 e. The van der Waals surface area contributed by atoms with Crippen LogP contribution in [0.3, 0.4) is 0 Å². The van der Waals surface area contributed by atoms with Gasteiger partial charge < -0.3 is 24.7 Å². The fourth-order valence-electron chi connectivity index (χ4n) is 6.04. The van der Waals surface area contributed by atoms with Gasteiger partial charge in [-0.1, -0.05) is 12.1 Å². The number of carbonyl (C=O) groups is 3. The van der Waals surface area contributed by atoms with Gasteiger partial charge in [0.15, 0.2) is 5.69 Å². The molecule has 3 amide bonds. The molecule has 0 saturated carbocycles. The zero-order chi connectivity index (χ0) is 27.0. The Bertz CT molecular complexity index is 1230. The first-order chi connectivity index (χ1) is 18.3. The van der Waals surface area contributed by atoms with Gasteiger partial charge in [-0.05, 0) is 57.2 Å². The van der Waals surface area contributed by atoms with Crippen LogP contribution in [0.15, 0.2) is 18.2 Å². The smallest absolute Gasteiger partial charge is 0.275 e. The summed E-state index contributed by atoms with van der Waals surface area (Å²) >= 11 is 0. The van der Waals surface area contributed by atoms with Gasteiger partial charge in [0.25, 0.3) is 5.91 Å². The third-order valence-electron chi connectivity index (χ3n) is 8.42. The fourth-order valence-corrected chi connectivity index (χ4v) is 6.04. The Morgan fingerprint density at radius 1 is 0.974 bits per heavy atom. The van der Waals surface area contributed by atoms with Crippen molar-refractivity contribution in [2.45, 2.75) is 52.6 Å². The number of amides is 3. The van der Waals surface area contributed by atoms with Crippen LogP contribution in [-0.2, 0) is 29.0 Å². The molecule has 2 aliphatic heterocycles. The highest BCUT2D eigenvalue weighted by atomic mass is 16.3. The van der Waals surface area contributed by atoms with Crippen molar-refractivity contribution in [1.29, 1.82) is 0 Å². The molecule has 0 spiro atoms. The number of hydrogen-bond donors (Lipinski definition) is 1. The monoisotopic (exact) mass is 522 g/mol. The summed E-state index contributed by atoms with van der Waals surface area (Å²) < 4.78 is 1.76. The van der Waals surface area contributed by atoms with E-state index in [9.17, 15) is 14.4 Å². The largest absolute Gasteiger partial charge is 0.387 e. The van der Waals surface area contributed by atoms with Gasteiger partial charge in [-0.25, -0.2) is 0 Å². The normalized spacial score (nSPS) is 19.6. The van der Waals surface area contributed by atoms with Gasteiger partial charge in [-0.15, -0.1) is 0 Å². The molecule has 204 valence electrons. The van der Waals surface area contributed by atoms with Crippen LogP contribution in [0.2, 0.25) is 0 Å². The number of aliphatic hydroxyl groups excluding tert-OH is 1. The summed E-state index contributed by atoms with van der Waals surface area (Å²) in [7, 11) is 0. The number of anilines is 1. The molecule has 1 N–H and O–H groups in total. The average Bonchev–Trinajstić information content (AvgIpc) is 3.53. The highest BCUT2D eigenvalue weighted by Gasteiger charge is 2.35. The van der Waals surface area contributed by atoms with Crippen molar-refractivity contribution in [3.63, 3.8) is 0 Å². The molecule has 5 rings (SSSR count). The molecule has 0 bridgehead atoms. The van der Waals surface area contributed by atoms with Crippen LogP contribution < -0.4 is 4.90 Å². The van der Waals surface area contributed by atoms with Gasteiger partial charge >= 0.3 is 0 Å². The van der Waals surface area contributed by atoms with Crippen molar-refractivity contribution in [3.05, 3.63) is 46.3 Å². The van der Waals surface area contributed by atoms with Crippen LogP contribution in [0, 0.1) is 13.8 Å². The lowest BCUT2D eigenvalue weighted by atomic mass is 10.1. The molecular weight excluding hydrogens is 484 g/mol. The van der Waals surface area contributed by atoms with Crippen LogP contribution in [0.4, 0.5) is 5.69 Å². The van der Waals surface area contributed by atoms with E-state index in [2.05, 4.69) is 42.0 Å². The first-order valence-electron chi connectivity index (χ1n) is 13.7. The van der Waals surface area contributed by atoms with E-state index in [4.69, 9.17) is 5.11 Å². The van der Waals surface area contributed by atoms with Crippen molar-refractivity contribution < 1.29 is 19.5 Å². The zero-order valence-corrected chi connectivity index (χ0v) is 22.6. The molecule has 0 radical (unpaired) electrons. The summed E-state index contributed by atoms with van der Waals surface area (Å²) in [6.45, 7) is 9.90. The summed E-state index contributed by atoms with van der Waals surface area (Å²) in [4.78, 5) is 46.3. The van der Waals surface area contributed by atoms with Crippen LogP contribution in [-0.4, -0.2) is 106 Å². The Morgan fingerprint density at radius 2 is 1.71 bits per heavy atom. The second kappa shape index (κ2) is 10.8. The molecule has 10 nitrogen and oxygen atoms in total. The zero-order valence-electron chi connectivity index (χ0n) is 22.6. The average molecular weight is 523 g/mol. The van der Waals surface area contributed by atoms with Crippen molar-refractivity contribution >= 4 is 23.4 Å². The third-order valence-corrected chi connectivity index (χ3v) is 8.42. The molecule has 2 fully saturated rings. The molecule has 38 heavy (non-hydrogen) atoms. The Kier molecular flexibility index (Phi) is 7.43. The lowest BCUT2D eigenvalue weighted by Gasteiger charge is -2.39. The Labute approximate surface area is 223 Å². The highest BCUT2D eigenvalue weighted by Crippen LogP contribution is 2.28. The van der Waals surface area contributed by atoms with E-state index in [-0.39, 0.29) is 30.3 Å². The third kappa shape index (κ3) is 4.89. The van der Waals surface area contributed by atoms with Crippen molar-refractivity contribution in [2.75, 3.05) is 57.3 Å². The molecule has 1 aromatic carbocycles. The molecule has 1 aromatic heterocycles. The molecule has 3 heterocycles. The van der Waals surface area contributed by atoms with E-state index >= 15 is 0 Å². The van der Waals surface area contributed by atoms with Gasteiger partial charge in [0, 0.05) is 68.8 Å². The highest BCUT2D eigenvalue weighted by molar-refractivity contribution is 5.95. The Hall–Kier alpha value is -3.40. The number of carbonyl (C=O) groups excluding carboxylic acids is 3. The molecule has 0 unspecified atom stereocenters. The van der Waals surface area contributed by atoms with Gasteiger partial charge in [-0.2, -0.15) is 5.10 Å². The summed E-state index contributed by atoms with van der Waals surface area (Å²) in [6, 6.07) is 6.18. The number of aryl methyl sites for hydroxylation is 1. The number of fused-ring (bicyclic) bond motifs is 1. The van der Waals surface area contributed by atoms with Crippen LogP contribution >= 0.6 is 0 Å². The van der Waals surface area contributed by atoms with Crippen molar-refractivity contribution in [3.8, 4) is 0 Å². The summed E-state index contributed by atoms with van der Waals surface area (Å²) in [5, 5.41) is 13.8. The SMILES string of the molecule is Cc1cccc(N2CCN(C(=O)Cn3nc(C(=O)N4CCN(C(=O)CO)C[C@H]4C)c4c3CCC4)CC2)c1C. The maximum absolute atomic E-state index is 13.5. The Balaban J connectivity index is 1.24. The van der Waals surface area contributed by atoms with Gasteiger partial charge in [0.05, 0.1) is 0 Å². The van der Waals surface area contributed by atoms with Crippen LogP contribution in [0.1, 0.15) is 46.2 Å². The second-order valence-electron chi connectivity index (χ2n) is 10.7. The van der Waals surface area contributed by atoms with Crippen LogP contribution in [0.5, 0.6) is 0 Å². The van der Waals surface area contributed by atoms with E-state index in [1.807, 2.05) is 11.8 Å². The van der Waals surface area contributed by atoms with Gasteiger partial charge in [0.1, 0.15) is 13.2 Å². The van der Waals surface area contributed by atoms with Crippen LogP contribution in [0.25, 0.3) is 0 Å². The first-order valence-corrected chi connectivity index (χ1v) is 13.7. The maximum atomic E-state index is 13.5. The lowest BCUT2D eigenvalue weighted by Crippen LogP contribution is -2.56. The summed E-state index contributed by atoms with van der Waals surface area (Å²) in [5.41, 5.74) is 6.20. The van der Waals surface area contributed by atoms with E-state index < -0.39 is 6.61 Å².